The molecule has 1 heterocycles. The maximum atomic E-state index is 13.4. The minimum Gasteiger partial charge on any atom is -0.380 e. The lowest BCUT2D eigenvalue weighted by atomic mass is 9.97. The molecule has 0 bridgehead atoms. The van der Waals surface area contributed by atoms with Crippen molar-refractivity contribution in [3.05, 3.63) is 29.6 Å². The van der Waals surface area contributed by atoms with E-state index in [0.29, 0.717) is 24.4 Å². The second kappa shape index (κ2) is 6.39. The lowest BCUT2D eigenvalue weighted by molar-refractivity contribution is 0.0183. The first-order valence-corrected chi connectivity index (χ1v) is 8.35. The van der Waals surface area contributed by atoms with Crippen molar-refractivity contribution in [2.24, 2.45) is 11.7 Å². The van der Waals surface area contributed by atoms with Gasteiger partial charge in [0.2, 0.25) is 10.0 Å². The Balaban J connectivity index is 2.36. The van der Waals surface area contributed by atoms with Crippen molar-refractivity contribution in [2.45, 2.75) is 30.9 Å². The first-order valence-electron chi connectivity index (χ1n) is 6.91. The quantitative estimate of drug-likeness (QED) is 0.909. The lowest BCUT2D eigenvalue weighted by Crippen LogP contribution is -2.46. The van der Waals surface area contributed by atoms with E-state index < -0.39 is 15.8 Å². The zero-order valence-corrected chi connectivity index (χ0v) is 13.1. The van der Waals surface area contributed by atoms with Crippen molar-refractivity contribution in [3.63, 3.8) is 0 Å². The van der Waals surface area contributed by atoms with Crippen LogP contribution in [0.25, 0.3) is 0 Å². The van der Waals surface area contributed by atoms with Crippen LogP contribution in [0, 0.1) is 11.7 Å². The highest BCUT2D eigenvalue weighted by Gasteiger charge is 2.34. The molecule has 5 nitrogen and oxygen atoms in total. The molecule has 0 radical (unpaired) electrons. The highest BCUT2D eigenvalue weighted by Crippen LogP contribution is 2.27. The molecule has 2 unspecified atom stereocenters. The molecule has 21 heavy (non-hydrogen) atoms. The number of rotatable bonds is 4. The van der Waals surface area contributed by atoms with Crippen molar-refractivity contribution in [1.29, 1.82) is 0 Å². The third-order valence-electron chi connectivity index (χ3n) is 4.02. The largest absolute Gasteiger partial charge is 0.380 e. The molecular weight excluding hydrogens is 295 g/mol. The third-order valence-corrected chi connectivity index (χ3v) is 5.97. The van der Waals surface area contributed by atoms with E-state index in [0.717, 1.165) is 6.07 Å². The van der Waals surface area contributed by atoms with Gasteiger partial charge in [-0.15, -0.1) is 0 Å². The summed E-state index contributed by atoms with van der Waals surface area (Å²) in [7, 11) is -2.19. The minimum atomic E-state index is -3.76. The average Bonchev–Trinajstić information content (AvgIpc) is 2.47. The number of ether oxygens (including phenoxy) is 1. The van der Waals surface area contributed by atoms with Gasteiger partial charge in [0.15, 0.2) is 0 Å². The monoisotopic (exact) mass is 316 g/mol. The summed E-state index contributed by atoms with van der Waals surface area (Å²) in [6.07, 6.45) is 0.564. The summed E-state index contributed by atoms with van der Waals surface area (Å²) < 4.78 is 45.6. The fourth-order valence-corrected chi connectivity index (χ4v) is 4.32. The molecule has 1 aliphatic heterocycles. The van der Waals surface area contributed by atoms with Gasteiger partial charge in [-0.3, -0.25) is 0 Å². The van der Waals surface area contributed by atoms with E-state index in [1.807, 2.05) is 6.92 Å². The standard InChI is InChI=1S/C14H21FN2O3S/c1-10-5-6-17(9-13(10)20-2)21(18,19)14-7-12(15)4-3-11(14)8-16/h3-4,7,10,13H,5-6,8-9,16H2,1-2H3. The summed E-state index contributed by atoms with van der Waals surface area (Å²) in [6, 6.07) is 3.68. The predicted molar refractivity (Wildman–Crippen MR) is 77.6 cm³/mol. The number of sulfonamides is 1. The Kier molecular flexibility index (Phi) is 4.98. The van der Waals surface area contributed by atoms with Crippen molar-refractivity contribution in [1.82, 2.24) is 4.31 Å². The van der Waals surface area contributed by atoms with E-state index in [4.69, 9.17) is 10.5 Å². The van der Waals surface area contributed by atoms with Gasteiger partial charge in [-0.25, -0.2) is 12.8 Å². The van der Waals surface area contributed by atoms with E-state index in [1.54, 1.807) is 7.11 Å². The Morgan fingerprint density at radius 3 is 2.81 bits per heavy atom. The van der Waals surface area contributed by atoms with Crippen LogP contribution in [0.1, 0.15) is 18.9 Å². The number of hydrogen-bond acceptors (Lipinski definition) is 4. The molecule has 0 aromatic heterocycles. The Morgan fingerprint density at radius 1 is 1.48 bits per heavy atom. The van der Waals surface area contributed by atoms with Crippen LogP contribution >= 0.6 is 0 Å². The van der Waals surface area contributed by atoms with Crippen LogP contribution < -0.4 is 5.73 Å². The molecule has 2 rings (SSSR count). The molecule has 118 valence electrons. The summed E-state index contributed by atoms with van der Waals surface area (Å²) in [4.78, 5) is -0.0468. The van der Waals surface area contributed by atoms with Crippen LogP contribution in [0.3, 0.4) is 0 Å². The number of halogens is 1. The fraction of sp³-hybridized carbons (Fsp3) is 0.571. The molecule has 0 aliphatic carbocycles. The highest BCUT2D eigenvalue weighted by molar-refractivity contribution is 7.89. The molecule has 7 heteroatoms. The second-order valence-corrected chi connectivity index (χ2v) is 7.27. The van der Waals surface area contributed by atoms with Gasteiger partial charge >= 0.3 is 0 Å². The fourth-order valence-electron chi connectivity index (χ4n) is 2.61. The van der Waals surface area contributed by atoms with Crippen molar-refractivity contribution in [2.75, 3.05) is 20.2 Å². The Labute approximate surface area is 124 Å². The molecule has 0 spiro atoms. The van der Waals surface area contributed by atoms with Gasteiger partial charge in [0, 0.05) is 26.7 Å². The summed E-state index contributed by atoms with van der Waals surface area (Å²) in [5, 5.41) is 0. The molecule has 1 fully saturated rings. The van der Waals surface area contributed by atoms with Crippen molar-refractivity contribution < 1.29 is 17.5 Å². The Bertz CT molecular complexity index is 606. The van der Waals surface area contributed by atoms with Crippen LogP contribution in [0.5, 0.6) is 0 Å². The smallest absolute Gasteiger partial charge is 0.243 e. The van der Waals surface area contributed by atoms with Crippen LogP contribution in [-0.4, -0.2) is 39.0 Å². The summed E-state index contributed by atoms with van der Waals surface area (Å²) in [5.41, 5.74) is 5.99. The Hall–Kier alpha value is -1.02. The zero-order chi connectivity index (χ0) is 15.6. The van der Waals surface area contributed by atoms with Gasteiger partial charge in [-0.1, -0.05) is 13.0 Å². The van der Waals surface area contributed by atoms with Gasteiger partial charge < -0.3 is 10.5 Å². The van der Waals surface area contributed by atoms with Crippen LogP contribution in [-0.2, 0) is 21.3 Å². The van der Waals surface area contributed by atoms with Crippen LogP contribution in [0.15, 0.2) is 23.1 Å². The van der Waals surface area contributed by atoms with E-state index in [2.05, 4.69) is 0 Å². The summed E-state index contributed by atoms with van der Waals surface area (Å²) in [5.74, 6) is -0.289. The number of nitrogens with two attached hydrogens (primary N) is 1. The average molecular weight is 316 g/mol. The van der Waals surface area contributed by atoms with E-state index in [-0.39, 0.29) is 24.1 Å². The normalized spacial score (nSPS) is 24.2. The predicted octanol–water partition coefficient (Wildman–Crippen LogP) is 1.33. The SMILES string of the molecule is COC1CN(S(=O)(=O)c2cc(F)ccc2CN)CCC1C. The van der Waals surface area contributed by atoms with Gasteiger partial charge in [0.05, 0.1) is 11.0 Å². The molecule has 2 N–H and O–H groups in total. The molecule has 0 saturated carbocycles. The van der Waals surface area contributed by atoms with E-state index in [9.17, 15) is 12.8 Å². The third kappa shape index (κ3) is 3.26. The molecule has 0 amide bonds. The first kappa shape index (κ1) is 16.4. The molecule has 2 atom stereocenters. The number of methoxy groups -OCH3 is 1. The lowest BCUT2D eigenvalue weighted by Gasteiger charge is -2.35. The van der Waals surface area contributed by atoms with Crippen LogP contribution in [0.2, 0.25) is 0 Å². The number of hydrogen-bond donors (Lipinski definition) is 1. The molecule has 1 saturated heterocycles. The van der Waals surface area contributed by atoms with E-state index in [1.165, 1.54) is 16.4 Å². The number of piperidine rings is 1. The molecule has 1 aromatic rings. The summed E-state index contributed by atoms with van der Waals surface area (Å²) in [6.45, 7) is 2.77. The Morgan fingerprint density at radius 2 is 2.19 bits per heavy atom. The van der Waals surface area contributed by atoms with Crippen LogP contribution in [0.4, 0.5) is 4.39 Å². The molecular formula is C14H21FN2O3S. The molecule has 1 aromatic carbocycles. The van der Waals surface area contributed by atoms with Crippen molar-refractivity contribution in [3.8, 4) is 0 Å². The molecule has 1 aliphatic rings. The van der Waals surface area contributed by atoms with E-state index >= 15 is 0 Å². The topological polar surface area (TPSA) is 72.6 Å². The zero-order valence-electron chi connectivity index (χ0n) is 12.3. The van der Waals surface area contributed by atoms with Gasteiger partial charge in [0.25, 0.3) is 0 Å². The number of benzene rings is 1. The van der Waals surface area contributed by atoms with Gasteiger partial charge in [0.1, 0.15) is 5.82 Å². The van der Waals surface area contributed by atoms with Crippen molar-refractivity contribution >= 4 is 10.0 Å². The first-order chi connectivity index (χ1) is 9.90. The van der Waals surface area contributed by atoms with Gasteiger partial charge in [-0.2, -0.15) is 4.31 Å². The maximum absolute atomic E-state index is 13.4. The van der Waals surface area contributed by atoms with Gasteiger partial charge in [-0.05, 0) is 30.0 Å². The highest BCUT2D eigenvalue weighted by atomic mass is 32.2. The minimum absolute atomic E-state index is 0.0468. The summed E-state index contributed by atoms with van der Waals surface area (Å²) >= 11 is 0. The number of nitrogens with zero attached hydrogens (tertiary/aromatic N) is 1. The maximum Gasteiger partial charge on any atom is 0.243 e. The second-order valence-electron chi connectivity index (χ2n) is 5.36.